The summed E-state index contributed by atoms with van der Waals surface area (Å²) in [6.45, 7) is 11.5. The molecular formula is C17H30IN3O. The Balaban J connectivity index is 0.00000441. The lowest BCUT2D eigenvalue weighted by Crippen LogP contribution is -2.37. The number of aliphatic imine (C=N–C) groups is 1. The molecule has 0 unspecified atom stereocenters. The first kappa shape index (κ1) is 21.2. The highest BCUT2D eigenvalue weighted by Gasteiger charge is 1.99. The van der Waals surface area contributed by atoms with Crippen molar-refractivity contribution in [1.29, 1.82) is 0 Å². The van der Waals surface area contributed by atoms with Gasteiger partial charge in [-0.05, 0) is 38.3 Å². The fourth-order valence-electron chi connectivity index (χ4n) is 1.76. The number of hydrogen-bond donors (Lipinski definition) is 2. The van der Waals surface area contributed by atoms with Crippen molar-refractivity contribution in [2.24, 2.45) is 4.99 Å². The number of rotatable bonds is 8. The van der Waals surface area contributed by atoms with E-state index >= 15 is 0 Å². The lowest BCUT2D eigenvalue weighted by atomic mass is 10.1. The predicted molar refractivity (Wildman–Crippen MR) is 105 cm³/mol. The Morgan fingerprint density at radius 2 is 1.73 bits per heavy atom. The maximum absolute atomic E-state index is 5.59. The standard InChI is InChI=1S/C17H29N3O.HI/c1-5-11-19-17(18-6-2)20-12-15-7-9-16(10-8-15)13-21-14(3)4;/h7-10,14H,5-6,11-13H2,1-4H3,(H2,18,19,20);1H. The monoisotopic (exact) mass is 419 g/mol. The second-order valence-corrected chi connectivity index (χ2v) is 5.30. The van der Waals surface area contributed by atoms with E-state index in [0.717, 1.165) is 25.5 Å². The van der Waals surface area contributed by atoms with Crippen LogP contribution in [0.2, 0.25) is 0 Å². The molecule has 0 radical (unpaired) electrons. The fraction of sp³-hybridized carbons (Fsp3) is 0.588. The van der Waals surface area contributed by atoms with Crippen molar-refractivity contribution >= 4 is 29.9 Å². The average molecular weight is 419 g/mol. The lowest BCUT2D eigenvalue weighted by Gasteiger charge is -2.10. The molecule has 0 aliphatic heterocycles. The summed E-state index contributed by atoms with van der Waals surface area (Å²) in [5.41, 5.74) is 2.41. The summed E-state index contributed by atoms with van der Waals surface area (Å²) in [6.07, 6.45) is 1.36. The SMILES string of the molecule is CCCNC(=NCc1ccc(COC(C)C)cc1)NCC.I. The van der Waals surface area contributed by atoms with Crippen LogP contribution in [-0.2, 0) is 17.9 Å². The molecule has 4 nitrogen and oxygen atoms in total. The number of ether oxygens (including phenoxy) is 1. The maximum Gasteiger partial charge on any atom is 0.191 e. The van der Waals surface area contributed by atoms with E-state index in [2.05, 4.69) is 67.6 Å². The summed E-state index contributed by atoms with van der Waals surface area (Å²) in [7, 11) is 0. The minimum absolute atomic E-state index is 0. The van der Waals surface area contributed by atoms with E-state index in [0.29, 0.717) is 13.2 Å². The molecule has 1 aromatic rings. The Kier molecular flexibility index (Phi) is 12.2. The molecule has 0 saturated heterocycles. The summed E-state index contributed by atoms with van der Waals surface area (Å²) in [5, 5.41) is 6.55. The molecule has 5 heteroatoms. The Morgan fingerprint density at radius 3 is 2.27 bits per heavy atom. The van der Waals surface area contributed by atoms with Gasteiger partial charge in [0.25, 0.3) is 0 Å². The van der Waals surface area contributed by atoms with Crippen LogP contribution in [0.4, 0.5) is 0 Å². The van der Waals surface area contributed by atoms with Crippen LogP contribution in [0.25, 0.3) is 0 Å². The van der Waals surface area contributed by atoms with E-state index in [1.54, 1.807) is 0 Å². The van der Waals surface area contributed by atoms with Gasteiger partial charge in [0.2, 0.25) is 0 Å². The van der Waals surface area contributed by atoms with Gasteiger partial charge in [0.05, 0.1) is 19.3 Å². The average Bonchev–Trinajstić information content (AvgIpc) is 2.49. The molecule has 0 amide bonds. The zero-order valence-corrected chi connectivity index (χ0v) is 16.5. The van der Waals surface area contributed by atoms with Crippen LogP contribution in [0.3, 0.4) is 0 Å². The topological polar surface area (TPSA) is 45.7 Å². The maximum atomic E-state index is 5.59. The Hall–Kier alpha value is -0.820. The van der Waals surface area contributed by atoms with Gasteiger partial charge in [-0.25, -0.2) is 4.99 Å². The third-order valence-electron chi connectivity index (χ3n) is 2.91. The Labute approximate surface area is 152 Å². The first-order chi connectivity index (χ1) is 10.2. The summed E-state index contributed by atoms with van der Waals surface area (Å²) < 4.78 is 5.59. The molecule has 0 bridgehead atoms. The van der Waals surface area contributed by atoms with Crippen LogP contribution in [-0.4, -0.2) is 25.2 Å². The normalized spacial score (nSPS) is 11.2. The summed E-state index contributed by atoms with van der Waals surface area (Å²) in [5.74, 6) is 0.881. The van der Waals surface area contributed by atoms with Crippen molar-refractivity contribution in [3.8, 4) is 0 Å². The molecular weight excluding hydrogens is 389 g/mol. The van der Waals surface area contributed by atoms with E-state index in [1.807, 2.05) is 0 Å². The molecule has 126 valence electrons. The van der Waals surface area contributed by atoms with Crippen molar-refractivity contribution in [3.63, 3.8) is 0 Å². The zero-order chi connectivity index (χ0) is 15.5. The van der Waals surface area contributed by atoms with E-state index in [-0.39, 0.29) is 30.1 Å². The van der Waals surface area contributed by atoms with Crippen LogP contribution < -0.4 is 10.6 Å². The van der Waals surface area contributed by atoms with Crippen molar-refractivity contribution in [1.82, 2.24) is 10.6 Å². The second-order valence-electron chi connectivity index (χ2n) is 5.30. The molecule has 0 fully saturated rings. The Bertz CT molecular complexity index is 418. The van der Waals surface area contributed by atoms with Crippen LogP contribution in [0, 0.1) is 0 Å². The van der Waals surface area contributed by atoms with Crippen LogP contribution in [0.5, 0.6) is 0 Å². The summed E-state index contributed by atoms with van der Waals surface area (Å²) >= 11 is 0. The van der Waals surface area contributed by atoms with Gasteiger partial charge in [-0.3, -0.25) is 0 Å². The predicted octanol–water partition coefficient (Wildman–Crippen LogP) is 3.69. The second kappa shape index (κ2) is 12.7. The highest BCUT2D eigenvalue weighted by atomic mass is 127. The van der Waals surface area contributed by atoms with E-state index in [1.165, 1.54) is 11.1 Å². The van der Waals surface area contributed by atoms with E-state index in [4.69, 9.17) is 4.74 Å². The van der Waals surface area contributed by atoms with Gasteiger partial charge in [-0.2, -0.15) is 0 Å². The lowest BCUT2D eigenvalue weighted by molar-refractivity contribution is 0.0657. The first-order valence-corrected chi connectivity index (χ1v) is 7.87. The van der Waals surface area contributed by atoms with Gasteiger partial charge in [0, 0.05) is 13.1 Å². The van der Waals surface area contributed by atoms with Gasteiger partial charge in [-0.1, -0.05) is 31.2 Å². The minimum Gasteiger partial charge on any atom is -0.374 e. The van der Waals surface area contributed by atoms with E-state index < -0.39 is 0 Å². The van der Waals surface area contributed by atoms with Gasteiger partial charge < -0.3 is 15.4 Å². The number of hydrogen-bond acceptors (Lipinski definition) is 2. The minimum atomic E-state index is 0. The van der Waals surface area contributed by atoms with Crippen molar-refractivity contribution in [2.45, 2.75) is 53.4 Å². The molecule has 0 aromatic heterocycles. The van der Waals surface area contributed by atoms with Gasteiger partial charge in [0.1, 0.15) is 0 Å². The van der Waals surface area contributed by atoms with Gasteiger partial charge in [-0.15, -0.1) is 24.0 Å². The number of halogens is 1. The van der Waals surface area contributed by atoms with Crippen LogP contribution >= 0.6 is 24.0 Å². The summed E-state index contributed by atoms with van der Waals surface area (Å²) in [6, 6.07) is 8.46. The number of guanidine groups is 1. The number of nitrogens with zero attached hydrogens (tertiary/aromatic N) is 1. The smallest absolute Gasteiger partial charge is 0.191 e. The van der Waals surface area contributed by atoms with Crippen molar-refractivity contribution in [2.75, 3.05) is 13.1 Å². The highest BCUT2D eigenvalue weighted by molar-refractivity contribution is 14.0. The zero-order valence-electron chi connectivity index (χ0n) is 14.2. The molecule has 0 aliphatic rings. The molecule has 0 spiro atoms. The molecule has 0 heterocycles. The summed E-state index contributed by atoms with van der Waals surface area (Å²) in [4.78, 5) is 4.59. The molecule has 1 rings (SSSR count). The number of nitrogens with one attached hydrogen (secondary N) is 2. The molecule has 0 atom stereocenters. The molecule has 2 N–H and O–H groups in total. The molecule has 0 saturated carbocycles. The van der Waals surface area contributed by atoms with E-state index in [9.17, 15) is 0 Å². The van der Waals surface area contributed by atoms with Gasteiger partial charge >= 0.3 is 0 Å². The Morgan fingerprint density at radius 1 is 1.09 bits per heavy atom. The third-order valence-corrected chi connectivity index (χ3v) is 2.91. The molecule has 1 aromatic carbocycles. The third kappa shape index (κ3) is 9.25. The highest BCUT2D eigenvalue weighted by Crippen LogP contribution is 2.08. The van der Waals surface area contributed by atoms with Gasteiger partial charge in [0.15, 0.2) is 5.96 Å². The largest absolute Gasteiger partial charge is 0.374 e. The molecule has 22 heavy (non-hydrogen) atoms. The number of benzene rings is 1. The molecule has 0 aliphatic carbocycles. The van der Waals surface area contributed by atoms with Crippen LogP contribution in [0.15, 0.2) is 29.3 Å². The fourth-order valence-corrected chi connectivity index (χ4v) is 1.76. The van der Waals surface area contributed by atoms with Crippen LogP contribution in [0.1, 0.15) is 45.2 Å². The quantitative estimate of drug-likeness (QED) is 0.384. The van der Waals surface area contributed by atoms with Crippen molar-refractivity contribution in [3.05, 3.63) is 35.4 Å². The van der Waals surface area contributed by atoms with Crippen molar-refractivity contribution < 1.29 is 4.74 Å². The first-order valence-electron chi connectivity index (χ1n) is 7.87.